The van der Waals surface area contributed by atoms with Gasteiger partial charge >= 0.3 is 5.97 Å². The first-order valence-electron chi connectivity index (χ1n) is 6.82. The molecule has 2 aliphatic rings. The van der Waals surface area contributed by atoms with Crippen molar-refractivity contribution in [3.8, 4) is 0 Å². The quantitative estimate of drug-likeness (QED) is 0.593. The van der Waals surface area contributed by atoms with Gasteiger partial charge in [0, 0.05) is 18.8 Å². The molecule has 2 rings (SSSR count). The first-order chi connectivity index (χ1) is 9.58. The predicted molar refractivity (Wildman–Crippen MR) is 69.6 cm³/mol. The maximum Gasteiger partial charge on any atom is 0.310 e. The fourth-order valence-electron chi connectivity index (χ4n) is 2.53. The van der Waals surface area contributed by atoms with Gasteiger partial charge in [0.15, 0.2) is 0 Å². The molecule has 6 heteroatoms. The van der Waals surface area contributed by atoms with Gasteiger partial charge in [-0.2, -0.15) is 0 Å². The third-order valence-electron chi connectivity index (χ3n) is 3.78. The molecule has 0 atom stereocenters. The number of hydrogen-bond donors (Lipinski definition) is 1. The van der Waals surface area contributed by atoms with E-state index in [1.165, 1.54) is 0 Å². The second-order valence-electron chi connectivity index (χ2n) is 5.23. The fourth-order valence-corrected chi connectivity index (χ4v) is 2.53. The lowest BCUT2D eigenvalue weighted by atomic mass is 9.88. The van der Waals surface area contributed by atoms with Crippen LogP contribution in [0.4, 0.5) is 0 Å². The van der Waals surface area contributed by atoms with Crippen LogP contribution < -0.4 is 5.32 Å². The maximum absolute atomic E-state index is 11.6. The smallest absolute Gasteiger partial charge is 0.310 e. The maximum atomic E-state index is 11.6. The van der Waals surface area contributed by atoms with E-state index in [2.05, 4.69) is 5.32 Å². The van der Waals surface area contributed by atoms with Crippen LogP contribution in [0.2, 0.25) is 0 Å². The van der Waals surface area contributed by atoms with Gasteiger partial charge in [0.1, 0.15) is 0 Å². The highest BCUT2D eigenvalue weighted by atomic mass is 16.5. The Morgan fingerprint density at radius 2 is 2.00 bits per heavy atom. The van der Waals surface area contributed by atoms with Gasteiger partial charge in [-0.1, -0.05) is 0 Å². The number of rotatable bonds is 5. The third-order valence-corrected chi connectivity index (χ3v) is 3.78. The summed E-state index contributed by atoms with van der Waals surface area (Å²) in [5, 5.41) is 2.10. The number of ether oxygens (including phenoxy) is 2. The van der Waals surface area contributed by atoms with Gasteiger partial charge in [0.2, 0.25) is 0 Å². The van der Waals surface area contributed by atoms with Crippen molar-refractivity contribution in [3.05, 3.63) is 11.6 Å². The largest absolute Gasteiger partial charge is 0.465 e. The van der Waals surface area contributed by atoms with Gasteiger partial charge in [-0.15, -0.1) is 0 Å². The minimum absolute atomic E-state index is 0.148. The molecule has 110 valence electrons. The summed E-state index contributed by atoms with van der Waals surface area (Å²) in [5.74, 6) is -1.09. The Morgan fingerprint density at radius 1 is 1.30 bits per heavy atom. The zero-order valence-corrected chi connectivity index (χ0v) is 11.5. The number of nitrogens with one attached hydrogen (secondary N) is 1. The molecule has 1 saturated carbocycles. The molecule has 2 amide bonds. The van der Waals surface area contributed by atoms with Gasteiger partial charge < -0.3 is 9.47 Å². The molecule has 0 aromatic rings. The fraction of sp³-hybridized carbons (Fsp3) is 0.643. The molecule has 0 aromatic carbocycles. The van der Waals surface area contributed by atoms with E-state index >= 15 is 0 Å². The average Bonchev–Trinajstić information content (AvgIpc) is 2.75. The van der Waals surface area contributed by atoms with Crippen LogP contribution in [0.3, 0.4) is 0 Å². The van der Waals surface area contributed by atoms with Crippen molar-refractivity contribution in [2.24, 2.45) is 5.92 Å². The van der Waals surface area contributed by atoms with E-state index in [0.717, 1.165) is 31.8 Å². The van der Waals surface area contributed by atoms with Crippen LogP contribution in [0.1, 0.15) is 32.1 Å². The molecule has 0 bridgehead atoms. The molecule has 0 aromatic heterocycles. The van der Waals surface area contributed by atoms with Crippen LogP contribution in [0.15, 0.2) is 11.6 Å². The Bertz CT molecular complexity index is 435. The summed E-state index contributed by atoms with van der Waals surface area (Å²) in [7, 11) is 1.71. The molecule has 0 saturated heterocycles. The second-order valence-corrected chi connectivity index (χ2v) is 5.23. The molecule has 6 nitrogen and oxygen atoms in total. The molecular formula is C14H19NO5. The van der Waals surface area contributed by atoms with Crippen molar-refractivity contribution in [3.63, 3.8) is 0 Å². The Balaban J connectivity index is 1.69. The van der Waals surface area contributed by atoms with E-state index < -0.39 is 17.8 Å². The van der Waals surface area contributed by atoms with Crippen molar-refractivity contribution in [1.82, 2.24) is 5.32 Å². The van der Waals surface area contributed by atoms with E-state index in [4.69, 9.17) is 9.47 Å². The molecule has 1 heterocycles. The van der Waals surface area contributed by atoms with Gasteiger partial charge in [-0.25, -0.2) is 0 Å². The summed E-state index contributed by atoms with van der Waals surface area (Å²) in [5.41, 5.74) is 0.170. The number of carbonyl (C=O) groups excluding carboxylic acids is 3. The Hall–Kier alpha value is -1.69. The van der Waals surface area contributed by atoms with Crippen molar-refractivity contribution in [2.75, 3.05) is 13.7 Å². The van der Waals surface area contributed by atoms with Crippen LogP contribution in [0.25, 0.3) is 0 Å². The highest BCUT2D eigenvalue weighted by molar-refractivity contribution is 6.17. The van der Waals surface area contributed by atoms with Crippen molar-refractivity contribution >= 4 is 17.8 Å². The zero-order chi connectivity index (χ0) is 14.5. The number of hydrogen-bond acceptors (Lipinski definition) is 5. The molecule has 0 spiro atoms. The van der Waals surface area contributed by atoms with Crippen molar-refractivity contribution < 1.29 is 23.9 Å². The first-order valence-corrected chi connectivity index (χ1v) is 6.82. The van der Waals surface area contributed by atoms with Crippen molar-refractivity contribution in [1.29, 1.82) is 0 Å². The van der Waals surface area contributed by atoms with Gasteiger partial charge in [0.05, 0.1) is 19.1 Å². The van der Waals surface area contributed by atoms with Crippen LogP contribution >= 0.6 is 0 Å². The highest BCUT2D eigenvalue weighted by Gasteiger charge is 2.25. The van der Waals surface area contributed by atoms with Crippen LogP contribution in [-0.4, -0.2) is 37.6 Å². The van der Waals surface area contributed by atoms with E-state index in [-0.39, 0.29) is 12.0 Å². The molecule has 1 fully saturated rings. The third kappa shape index (κ3) is 3.90. The summed E-state index contributed by atoms with van der Waals surface area (Å²) in [6.45, 7) is 0.373. The van der Waals surface area contributed by atoms with E-state index in [0.29, 0.717) is 18.6 Å². The van der Waals surface area contributed by atoms with E-state index in [1.807, 2.05) is 0 Å². The average molecular weight is 281 g/mol. The molecular weight excluding hydrogens is 262 g/mol. The Labute approximate surface area is 117 Å². The molecule has 20 heavy (non-hydrogen) atoms. The minimum Gasteiger partial charge on any atom is -0.465 e. The minimum atomic E-state index is -0.507. The topological polar surface area (TPSA) is 81.7 Å². The molecule has 1 aliphatic heterocycles. The summed E-state index contributed by atoms with van der Waals surface area (Å²) in [6, 6.07) is 0. The van der Waals surface area contributed by atoms with Crippen LogP contribution in [0.5, 0.6) is 0 Å². The lowest BCUT2D eigenvalue weighted by Crippen LogP contribution is -2.25. The second kappa shape index (κ2) is 6.65. The lowest BCUT2D eigenvalue weighted by Gasteiger charge is -2.27. The normalized spacial score (nSPS) is 26.1. The SMILES string of the molecule is COC1CCC(COC(=O)CC2=CC(=O)NC2=O)CC1. The van der Waals surface area contributed by atoms with E-state index in [9.17, 15) is 14.4 Å². The predicted octanol–water partition coefficient (Wildman–Crippen LogP) is 0.708. The van der Waals surface area contributed by atoms with Crippen molar-refractivity contribution in [2.45, 2.75) is 38.2 Å². The van der Waals surface area contributed by atoms with Gasteiger partial charge in [0.25, 0.3) is 11.8 Å². The highest BCUT2D eigenvalue weighted by Crippen LogP contribution is 2.26. The van der Waals surface area contributed by atoms with Gasteiger partial charge in [-0.3, -0.25) is 19.7 Å². The number of methoxy groups -OCH3 is 1. The monoisotopic (exact) mass is 281 g/mol. The first kappa shape index (κ1) is 14.7. The molecule has 0 radical (unpaired) electrons. The molecule has 1 N–H and O–H groups in total. The Kier molecular flexibility index (Phi) is 4.89. The number of esters is 1. The van der Waals surface area contributed by atoms with E-state index in [1.54, 1.807) is 7.11 Å². The van der Waals surface area contributed by atoms with Crippen LogP contribution in [-0.2, 0) is 23.9 Å². The summed E-state index contributed by atoms with van der Waals surface area (Å²) < 4.78 is 10.5. The Morgan fingerprint density at radius 3 is 2.55 bits per heavy atom. The van der Waals surface area contributed by atoms with Gasteiger partial charge in [-0.05, 0) is 31.6 Å². The number of carbonyl (C=O) groups is 3. The standard InChI is InChI=1S/C14H19NO5/c1-19-11-4-2-9(3-5-11)8-20-13(17)7-10-6-12(16)15-14(10)18/h6,9,11H,2-5,7-8H2,1H3,(H,15,16,18). The van der Waals surface area contributed by atoms with Crippen LogP contribution in [0, 0.1) is 5.92 Å². The lowest BCUT2D eigenvalue weighted by molar-refractivity contribution is -0.145. The summed E-state index contributed by atoms with van der Waals surface area (Å²) in [6.07, 6.45) is 5.25. The molecule has 1 aliphatic carbocycles. The molecule has 0 unspecified atom stereocenters. The number of amides is 2. The summed E-state index contributed by atoms with van der Waals surface area (Å²) >= 11 is 0. The zero-order valence-electron chi connectivity index (χ0n) is 11.5. The number of imide groups is 1. The summed E-state index contributed by atoms with van der Waals surface area (Å²) in [4.78, 5) is 33.8.